The van der Waals surface area contributed by atoms with Crippen LogP contribution in [0.15, 0.2) is 30.3 Å². The van der Waals surface area contributed by atoms with Crippen LogP contribution in [0.2, 0.25) is 0 Å². The molecule has 2 N–H and O–H groups in total. The number of alkyl halides is 1. The fourth-order valence-electron chi connectivity index (χ4n) is 2.48. The molecular formula is C21H27FN4O3. The average Bonchev–Trinajstić information content (AvgIpc) is 2.59. The van der Waals surface area contributed by atoms with Crippen molar-refractivity contribution in [3.05, 3.63) is 47.3 Å². The van der Waals surface area contributed by atoms with Crippen LogP contribution in [0.4, 0.5) is 10.3 Å². The Bertz CT molecular complexity index is 894. The number of nitrogens with zero attached hydrogens (tertiary/aromatic N) is 2. The van der Waals surface area contributed by atoms with E-state index >= 15 is 0 Å². The highest BCUT2D eigenvalue weighted by Crippen LogP contribution is 2.23. The third-order valence-electron chi connectivity index (χ3n) is 3.91. The number of nitrogens with one attached hydrogen (secondary N) is 2. The van der Waals surface area contributed by atoms with Crippen LogP contribution in [0.25, 0.3) is 0 Å². The summed E-state index contributed by atoms with van der Waals surface area (Å²) in [6.45, 7) is 9.65. The summed E-state index contributed by atoms with van der Waals surface area (Å²) in [4.78, 5) is 32.8. The van der Waals surface area contributed by atoms with Gasteiger partial charge in [0.25, 0.3) is 5.91 Å². The molecule has 1 heterocycles. The second-order valence-corrected chi connectivity index (χ2v) is 7.60. The van der Waals surface area contributed by atoms with Gasteiger partial charge < -0.3 is 10.1 Å². The highest BCUT2D eigenvalue weighted by molar-refractivity contribution is 5.94. The number of carbonyl (C=O) groups excluding carboxylic acids is 2. The van der Waals surface area contributed by atoms with Crippen LogP contribution in [0, 0.1) is 12.8 Å². The Morgan fingerprint density at radius 2 is 1.83 bits per heavy atom. The third-order valence-corrected chi connectivity index (χ3v) is 3.91. The normalized spacial score (nSPS) is 12.4. The van der Waals surface area contributed by atoms with Crippen molar-refractivity contribution in [2.24, 2.45) is 5.92 Å². The maximum absolute atomic E-state index is 13.7. The van der Waals surface area contributed by atoms with Crippen LogP contribution in [0.1, 0.15) is 62.4 Å². The largest absolute Gasteiger partial charge is 0.459 e. The number of aromatic nitrogens is 2. The van der Waals surface area contributed by atoms with E-state index in [1.807, 2.05) is 6.07 Å². The Kier molecular flexibility index (Phi) is 6.89. The van der Waals surface area contributed by atoms with Gasteiger partial charge in [0.2, 0.25) is 17.7 Å². The first-order valence-corrected chi connectivity index (χ1v) is 9.40. The number of hydrogen-bond donors (Lipinski definition) is 2. The molecule has 156 valence electrons. The zero-order valence-electron chi connectivity index (χ0n) is 17.5. The summed E-state index contributed by atoms with van der Waals surface area (Å²) in [5, 5.41) is 5.44. The van der Waals surface area contributed by atoms with Crippen molar-refractivity contribution in [3.63, 3.8) is 0 Å². The zero-order chi connectivity index (χ0) is 21.8. The molecule has 0 aliphatic heterocycles. The Hall–Kier alpha value is -3.03. The van der Waals surface area contributed by atoms with Gasteiger partial charge in [-0.05, 0) is 37.6 Å². The van der Waals surface area contributed by atoms with E-state index in [2.05, 4.69) is 20.6 Å². The van der Waals surface area contributed by atoms with E-state index < -0.39 is 11.8 Å². The van der Waals surface area contributed by atoms with Crippen LogP contribution < -0.4 is 15.4 Å². The molecule has 0 aliphatic carbocycles. The Labute approximate surface area is 170 Å². The molecule has 29 heavy (non-hydrogen) atoms. The van der Waals surface area contributed by atoms with E-state index in [0.717, 1.165) is 5.56 Å². The number of carbonyl (C=O) groups is 2. The highest BCUT2D eigenvalue weighted by Gasteiger charge is 2.19. The molecule has 7 nitrogen and oxygen atoms in total. The maximum Gasteiger partial charge on any atom is 0.270 e. The standard InChI is InChI=1S/C21H27FN4O3/c1-12(2)18(27)26-20-23-13(3)10-17(25-20)19(28)24-14(4)15-8-7-9-16(11-15)29-21(5,6)22/h7-12,14H,1-6H3,(H,24,28)(H,23,25,26,27). The summed E-state index contributed by atoms with van der Waals surface area (Å²) in [7, 11) is 0. The number of rotatable bonds is 7. The molecule has 0 radical (unpaired) electrons. The van der Waals surface area contributed by atoms with Gasteiger partial charge >= 0.3 is 0 Å². The quantitative estimate of drug-likeness (QED) is 0.731. The van der Waals surface area contributed by atoms with Gasteiger partial charge in [0, 0.05) is 25.5 Å². The first-order chi connectivity index (χ1) is 13.4. The molecular weight excluding hydrogens is 375 g/mol. The predicted octanol–water partition coefficient (Wildman–Crippen LogP) is 3.95. The lowest BCUT2D eigenvalue weighted by Crippen LogP contribution is -2.28. The first kappa shape index (κ1) is 22.3. The van der Waals surface area contributed by atoms with E-state index in [1.54, 1.807) is 45.9 Å². The molecule has 1 aromatic carbocycles. The zero-order valence-corrected chi connectivity index (χ0v) is 17.5. The number of ether oxygens (including phenoxy) is 1. The minimum atomic E-state index is -1.81. The molecule has 2 aromatic rings. The molecule has 1 unspecified atom stereocenters. The molecule has 0 bridgehead atoms. The summed E-state index contributed by atoms with van der Waals surface area (Å²) in [5.41, 5.74) is 1.44. The summed E-state index contributed by atoms with van der Waals surface area (Å²) in [6, 6.07) is 8.02. The monoisotopic (exact) mass is 402 g/mol. The summed E-state index contributed by atoms with van der Waals surface area (Å²) >= 11 is 0. The van der Waals surface area contributed by atoms with Gasteiger partial charge in [0.05, 0.1) is 6.04 Å². The topological polar surface area (TPSA) is 93.2 Å². The van der Waals surface area contributed by atoms with Crippen molar-refractivity contribution >= 4 is 17.8 Å². The summed E-state index contributed by atoms with van der Waals surface area (Å²) in [5.74, 6) is -2.24. The lowest BCUT2D eigenvalue weighted by Gasteiger charge is -2.19. The minimum absolute atomic E-state index is 0.0853. The third kappa shape index (κ3) is 6.81. The molecule has 1 aromatic heterocycles. The Morgan fingerprint density at radius 3 is 2.45 bits per heavy atom. The second kappa shape index (κ2) is 8.98. The van der Waals surface area contributed by atoms with Crippen molar-refractivity contribution in [3.8, 4) is 5.75 Å². The van der Waals surface area contributed by atoms with E-state index in [-0.39, 0.29) is 29.5 Å². The smallest absolute Gasteiger partial charge is 0.270 e. The number of halogens is 1. The van der Waals surface area contributed by atoms with Crippen LogP contribution in [-0.2, 0) is 4.79 Å². The molecule has 0 spiro atoms. The molecule has 2 rings (SSSR count). The predicted molar refractivity (Wildman–Crippen MR) is 108 cm³/mol. The van der Waals surface area contributed by atoms with E-state index in [4.69, 9.17) is 4.74 Å². The SMILES string of the molecule is Cc1cc(C(=O)NC(C)c2cccc(OC(C)(C)F)c2)nc(NC(=O)C(C)C)n1. The molecule has 2 amide bonds. The second-order valence-electron chi connectivity index (χ2n) is 7.60. The number of hydrogen-bond acceptors (Lipinski definition) is 5. The van der Waals surface area contributed by atoms with Crippen LogP contribution in [0.3, 0.4) is 0 Å². The maximum atomic E-state index is 13.7. The van der Waals surface area contributed by atoms with Gasteiger partial charge in [-0.3, -0.25) is 14.9 Å². The van der Waals surface area contributed by atoms with Crippen LogP contribution >= 0.6 is 0 Å². The number of aryl methyl sites for hydroxylation is 1. The van der Waals surface area contributed by atoms with Crippen molar-refractivity contribution in [2.75, 3.05) is 5.32 Å². The molecule has 0 saturated heterocycles. The Morgan fingerprint density at radius 1 is 1.14 bits per heavy atom. The molecule has 8 heteroatoms. The lowest BCUT2D eigenvalue weighted by atomic mass is 10.1. The highest BCUT2D eigenvalue weighted by atomic mass is 19.2. The van der Waals surface area contributed by atoms with Crippen LogP contribution in [0.5, 0.6) is 5.75 Å². The van der Waals surface area contributed by atoms with Gasteiger partial charge in [0.15, 0.2) is 0 Å². The summed E-state index contributed by atoms with van der Waals surface area (Å²) in [6.07, 6.45) is 0. The van der Waals surface area contributed by atoms with Crippen molar-refractivity contribution < 1.29 is 18.7 Å². The van der Waals surface area contributed by atoms with Gasteiger partial charge in [-0.25, -0.2) is 9.97 Å². The van der Waals surface area contributed by atoms with E-state index in [9.17, 15) is 14.0 Å². The fraction of sp³-hybridized carbons (Fsp3) is 0.429. The van der Waals surface area contributed by atoms with Crippen molar-refractivity contribution in [1.82, 2.24) is 15.3 Å². The van der Waals surface area contributed by atoms with Gasteiger partial charge in [-0.2, -0.15) is 4.39 Å². The van der Waals surface area contributed by atoms with E-state index in [1.165, 1.54) is 19.9 Å². The van der Waals surface area contributed by atoms with E-state index in [0.29, 0.717) is 11.4 Å². The van der Waals surface area contributed by atoms with Crippen molar-refractivity contribution in [1.29, 1.82) is 0 Å². The molecule has 0 fully saturated rings. The van der Waals surface area contributed by atoms with Gasteiger partial charge in [-0.1, -0.05) is 26.0 Å². The van der Waals surface area contributed by atoms with Gasteiger partial charge in [0.1, 0.15) is 11.4 Å². The molecule has 0 saturated carbocycles. The number of anilines is 1. The van der Waals surface area contributed by atoms with Crippen LogP contribution in [-0.4, -0.2) is 27.6 Å². The average molecular weight is 402 g/mol. The molecule has 0 aliphatic rings. The first-order valence-electron chi connectivity index (χ1n) is 9.40. The summed E-state index contributed by atoms with van der Waals surface area (Å²) < 4.78 is 18.9. The van der Waals surface area contributed by atoms with Gasteiger partial charge in [-0.15, -0.1) is 0 Å². The Balaban J connectivity index is 2.14. The number of amides is 2. The fourth-order valence-corrected chi connectivity index (χ4v) is 2.48. The number of benzene rings is 1. The van der Waals surface area contributed by atoms with Crippen molar-refractivity contribution in [2.45, 2.75) is 53.4 Å². The lowest BCUT2D eigenvalue weighted by molar-refractivity contribution is -0.118. The minimum Gasteiger partial charge on any atom is -0.459 e. The molecule has 1 atom stereocenters.